The lowest BCUT2D eigenvalue weighted by Crippen LogP contribution is -2.54. The summed E-state index contributed by atoms with van der Waals surface area (Å²) in [6.45, 7) is 5.56. The molecule has 0 bridgehead atoms. The van der Waals surface area contributed by atoms with Crippen LogP contribution in [0.1, 0.15) is 38.8 Å². The molecule has 0 saturated heterocycles. The molecular weight excluding hydrogens is 554 g/mol. The summed E-state index contributed by atoms with van der Waals surface area (Å²) in [5.41, 5.74) is -1.75. The predicted molar refractivity (Wildman–Crippen MR) is 138 cm³/mol. The van der Waals surface area contributed by atoms with E-state index in [-0.39, 0.29) is 22.3 Å². The number of nitrogens with zero attached hydrogens (tertiary/aromatic N) is 2. The number of alkyl halides is 3. The molecule has 0 heterocycles. The van der Waals surface area contributed by atoms with E-state index >= 15 is 0 Å². The lowest BCUT2D eigenvalue weighted by molar-refractivity contribution is -0.140. The van der Waals surface area contributed by atoms with Crippen molar-refractivity contribution in [1.29, 1.82) is 0 Å². The molecule has 0 aromatic heterocycles. The molecule has 2 aromatic rings. The van der Waals surface area contributed by atoms with Gasteiger partial charge in [0.05, 0.1) is 17.5 Å². The second kappa shape index (κ2) is 11.5. The second-order valence-corrected chi connectivity index (χ2v) is 12.2. The molecule has 1 N–H and O–H groups in total. The summed E-state index contributed by atoms with van der Waals surface area (Å²) < 4.78 is 65.4. The number of nitrogens with one attached hydrogen (secondary N) is 1. The Bertz CT molecular complexity index is 1240. The zero-order valence-electron chi connectivity index (χ0n) is 20.9. The first-order valence-corrected chi connectivity index (χ1v) is 13.6. The Morgan fingerprint density at radius 1 is 1.03 bits per heavy atom. The van der Waals surface area contributed by atoms with Gasteiger partial charge >= 0.3 is 6.18 Å². The minimum Gasteiger partial charge on any atom is -0.350 e. The van der Waals surface area contributed by atoms with Crippen LogP contribution in [0.3, 0.4) is 0 Å². The topological polar surface area (TPSA) is 86.8 Å². The quantitative estimate of drug-likeness (QED) is 0.469. The number of rotatable bonds is 8. The van der Waals surface area contributed by atoms with Gasteiger partial charge < -0.3 is 10.2 Å². The SMILES string of the molecule is C[C@H](C(=O)NC(C)(C)C)N(Cc1c(Cl)cccc1Cl)C(=O)CN(c1cccc(C(F)(F)F)c1)S(C)(=O)=O. The van der Waals surface area contributed by atoms with Crippen molar-refractivity contribution in [2.24, 2.45) is 0 Å². The number of benzene rings is 2. The van der Waals surface area contributed by atoms with E-state index in [9.17, 15) is 31.2 Å². The maximum Gasteiger partial charge on any atom is 0.416 e. The maximum atomic E-state index is 13.5. The number of amides is 2. The van der Waals surface area contributed by atoms with Crippen molar-refractivity contribution in [3.05, 3.63) is 63.6 Å². The van der Waals surface area contributed by atoms with Crippen LogP contribution in [0.2, 0.25) is 10.0 Å². The lowest BCUT2D eigenvalue weighted by Gasteiger charge is -2.33. The number of carbonyl (C=O) groups is 2. The predicted octanol–water partition coefficient (Wildman–Crippen LogP) is 5.11. The largest absolute Gasteiger partial charge is 0.416 e. The Morgan fingerprint density at radius 2 is 1.57 bits per heavy atom. The summed E-state index contributed by atoms with van der Waals surface area (Å²) in [7, 11) is -4.21. The molecule has 2 aromatic carbocycles. The molecule has 0 aliphatic rings. The Labute approximate surface area is 224 Å². The summed E-state index contributed by atoms with van der Waals surface area (Å²) in [5.74, 6) is -1.38. The molecule has 204 valence electrons. The highest BCUT2D eigenvalue weighted by molar-refractivity contribution is 7.92. The first kappa shape index (κ1) is 30.7. The molecule has 0 spiro atoms. The third-order valence-electron chi connectivity index (χ3n) is 5.20. The monoisotopic (exact) mass is 581 g/mol. The molecule has 1 atom stereocenters. The van der Waals surface area contributed by atoms with Crippen LogP contribution in [0.25, 0.3) is 0 Å². The summed E-state index contributed by atoms with van der Waals surface area (Å²) >= 11 is 12.5. The normalized spacial score (nSPS) is 13.1. The molecule has 0 radical (unpaired) electrons. The molecule has 0 aliphatic carbocycles. The van der Waals surface area contributed by atoms with Gasteiger partial charge in [-0.25, -0.2) is 8.42 Å². The Morgan fingerprint density at radius 3 is 2.05 bits per heavy atom. The number of anilines is 1. The van der Waals surface area contributed by atoms with Gasteiger partial charge in [-0.1, -0.05) is 35.3 Å². The summed E-state index contributed by atoms with van der Waals surface area (Å²) in [6, 6.07) is 7.18. The fourth-order valence-corrected chi connectivity index (χ4v) is 4.72. The maximum absolute atomic E-state index is 13.5. The van der Waals surface area contributed by atoms with E-state index in [0.29, 0.717) is 15.9 Å². The second-order valence-electron chi connectivity index (χ2n) is 9.45. The van der Waals surface area contributed by atoms with Crippen LogP contribution < -0.4 is 9.62 Å². The van der Waals surface area contributed by atoms with Crippen LogP contribution in [-0.2, 0) is 32.3 Å². The third-order valence-corrected chi connectivity index (χ3v) is 7.05. The first-order chi connectivity index (χ1) is 16.8. The van der Waals surface area contributed by atoms with E-state index in [2.05, 4.69) is 5.32 Å². The number of hydrogen-bond donors (Lipinski definition) is 1. The molecule has 2 rings (SSSR count). The number of halogens is 5. The van der Waals surface area contributed by atoms with Gasteiger partial charge in [0.25, 0.3) is 0 Å². The third kappa shape index (κ3) is 8.51. The van der Waals surface area contributed by atoms with Crippen molar-refractivity contribution >= 4 is 50.7 Å². The summed E-state index contributed by atoms with van der Waals surface area (Å²) in [5, 5.41) is 3.18. The number of sulfonamides is 1. The average Bonchev–Trinajstić information content (AvgIpc) is 2.74. The van der Waals surface area contributed by atoms with E-state index in [1.165, 1.54) is 19.1 Å². The highest BCUT2D eigenvalue weighted by Gasteiger charge is 2.34. The molecule has 2 amide bonds. The molecule has 37 heavy (non-hydrogen) atoms. The standard InChI is InChI=1S/C24H28Cl2F3N3O4S/c1-15(22(34)30-23(2,3)4)31(13-18-19(25)10-7-11-20(18)26)21(33)14-32(37(5,35)36)17-9-6-8-16(12-17)24(27,28)29/h6-12,15H,13-14H2,1-5H3,(H,30,34)/t15-/m1/s1. The fourth-order valence-electron chi connectivity index (χ4n) is 3.36. The van der Waals surface area contributed by atoms with E-state index in [4.69, 9.17) is 23.2 Å². The van der Waals surface area contributed by atoms with Crippen LogP contribution in [0.5, 0.6) is 0 Å². The van der Waals surface area contributed by atoms with Crippen molar-refractivity contribution in [1.82, 2.24) is 10.2 Å². The van der Waals surface area contributed by atoms with Gasteiger partial charge in [-0.15, -0.1) is 0 Å². The molecule has 0 unspecified atom stereocenters. The van der Waals surface area contributed by atoms with Gasteiger partial charge in [0.15, 0.2) is 0 Å². The van der Waals surface area contributed by atoms with Crippen molar-refractivity contribution in [3.63, 3.8) is 0 Å². The van der Waals surface area contributed by atoms with Crippen LogP contribution in [0.4, 0.5) is 18.9 Å². The Balaban J connectivity index is 2.52. The smallest absolute Gasteiger partial charge is 0.350 e. The van der Waals surface area contributed by atoms with Gasteiger partial charge in [-0.2, -0.15) is 13.2 Å². The van der Waals surface area contributed by atoms with Crippen LogP contribution in [0, 0.1) is 0 Å². The Hall–Kier alpha value is -2.50. The zero-order chi connectivity index (χ0) is 28.3. The van der Waals surface area contributed by atoms with Crippen LogP contribution in [0.15, 0.2) is 42.5 Å². The molecule has 0 saturated carbocycles. The molecular formula is C24H28Cl2F3N3O4S. The van der Waals surface area contributed by atoms with Crippen LogP contribution in [-0.4, -0.2) is 49.5 Å². The summed E-state index contributed by atoms with van der Waals surface area (Å²) in [4.78, 5) is 27.6. The molecule has 7 nitrogen and oxygen atoms in total. The van der Waals surface area contributed by atoms with Crippen molar-refractivity contribution < 1.29 is 31.2 Å². The number of carbonyl (C=O) groups excluding carboxylic acids is 2. The van der Waals surface area contributed by atoms with E-state index < -0.39 is 51.7 Å². The van der Waals surface area contributed by atoms with Gasteiger partial charge in [-0.05, 0) is 58.0 Å². The molecule has 0 aliphatic heterocycles. The number of hydrogen-bond acceptors (Lipinski definition) is 4. The lowest BCUT2D eigenvalue weighted by atomic mass is 10.1. The van der Waals surface area contributed by atoms with Crippen LogP contribution >= 0.6 is 23.2 Å². The van der Waals surface area contributed by atoms with E-state index in [0.717, 1.165) is 29.4 Å². The molecule has 0 fully saturated rings. The van der Waals surface area contributed by atoms with Crippen molar-refractivity contribution in [3.8, 4) is 0 Å². The van der Waals surface area contributed by atoms with Gasteiger partial charge in [0, 0.05) is 27.7 Å². The highest BCUT2D eigenvalue weighted by atomic mass is 35.5. The minimum atomic E-state index is -4.73. The van der Waals surface area contributed by atoms with E-state index in [1.807, 2.05) is 0 Å². The van der Waals surface area contributed by atoms with E-state index in [1.54, 1.807) is 26.8 Å². The van der Waals surface area contributed by atoms with Gasteiger partial charge in [-0.3, -0.25) is 13.9 Å². The van der Waals surface area contributed by atoms with Gasteiger partial charge in [0.1, 0.15) is 12.6 Å². The average molecular weight is 582 g/mol. The minimum absolute atomic E-state index is 0.214. The Kier molecular flexibility index (Phi) is 9.54. The molecule has 13 heteroatoms. The van der Waals surface area contributed by atoms with Gasteiger partial charge in [0.2, 0.25) is 21.8 Å². The zero-order valence-corrected chi connectivity index (χ0v) is 23.2. The fraction of sp³-hybridized carbons (Fsp3) is 0.417. The van der Waals surface area contributed by atoms with Crippen molar-refractivity contribution in [2.45, 2.75) is 52.0 Å². The highest BCUT2D eigenvalue weighted by Crippen LogP contribution is 2.32. The summed E-state index contributed by atoms with van der Waals surface area (Å²) in [6.07, 6.45) is -3.96. The van der Waals surface area contributed by atoms with Crippen molar-refractivity contribution in [2.75, 3.05) is 17.1 Å². The first-order valence-electron chi connectivity index (χ1n) is 11.0.